The van der Waals surface area contributed by atoms with Gasteiger partial charge in [0, 0.05) is 0 Å². The Morgan fingerprint density at radius 1 is 0.867 bits per heavy atom. The zero-order valence-electron chi connectivity index (χ0n) is 7.34. The van der Waals surface area contributed by atoms with Gasteiger partial charge in [-0.1, -0.05) is 0 Å². The highest BCUT2D eigenvalue weighted by atomic mass is 16.4. The minimum absolute atomic E-state index is 0.833. The van der Waals surface area contributed by atoms with Crippen LogP contribution in [0, 0.1) is 0 Å². The Labute approximate surface area is 83.0 Å². The average molecular weight is 225 g/mol. The van der Waals surface area contributed by atoms with Gasteiger partial charge in [0.1, 0.15) is 0 Å². The molecule has 6 amide bonds. The Morgan fingerprint density at radius 3 is 1.07 bits per heavy atom. The fraction of sp³-hybridized carbons (Fsp3) is 0. The fourth-order valence-electron chi connectivity index (χ4n) is 0.105. The molecule has 0 aliphatic heterocycles. The van der Waals surface area contributed by atoms with Gasteiger partial charge >= 0.3 is 24.2 Å². The van der Waals surface area contributed by atoms with E-state index in [4.69, 9.17) is 19.8 Å². The second-order valence-electron chi connectivity index (χ2n) is 1.54. The molecule has 0 fully saturated rings. The molecule has 0 aliphatic carbocycles. The largest absolute Gasteiger partial charge is 0.465 e. The third kappa shape index (κ3) is 593. The Morgan fingerprint density at radius 2 is 1.07 bits per heavy atom. The normalized spacial score (nSPS) is 6.67. The summed E-state index contributed by atoms with van der Waals surface area (Å²) in [6.45, 7) is 0. The van der Waals surface area contributed by atoms with E-state index in [0.29, 0.717) is 0 Å². The van der Waals surface area contributed by atoms with Crippen LogP contribution in [0.3, 0.4) is 0 Å². The molecule has 0 aromatic rings. The van der Waals surface area contributed by atoms with Crippen molar-refractivity contribution in [3.8, 4) is 0 Å². The van der Waals surface area contributed by atoms with Gasteiger partial charge in [0.05, 0.1) is 0 Å². The van der Waals surface area contributed by atoms with Crippen LogP contribution in [0.5, 0.6) is 0 Å². The maximum Gasteiger partial charge on any atom is 0.412 e. The number of nitrogens with two attached hydrogens (primary N) is 4. The summed E-state index contributed by atoms with van der Waals surface area (Å²) in [5.41, 5.74) is 16.9. The topological polar surface area (TPSA) is 225 Å². The minimum Gasteiger partial charge on any atom is -0.465 e. The molecular weight excluding hydrogens is 214 g/mol. The molecule has 0 heterocycles. The van der Waals surface area contributed by atoms with Gasteiger partial charge < -0.3 is 33.1 Å². The monoisotopic (exact) mass is 225 g/mol. The maximum atomic E-state index is 9.54. The van der Waals surface area contributed by atoms with Crippen molar-refractivity contribution in [2.45, 2.75) is 0 Å². The van der Waals surface area contributed by atoms with E-state index in [2.05, 4.69) is 22.9 Å². The van der Waals surface area contributed by atoms with Crippen molar-refractivity contribution in [2.24, 2.45) is 22.9 Å². The summed E-state index contributed by atoms with van der Waals surface area (Å²) in [5, 5.41) is 16.2. The lowest BCUT2D eigenvalue weighted by Gasteiger charge is -1.86. The van der Waals surface area contributed by atoms with E-state index in [0.717, 1.165) is 0 Å². The number of primary amides is 4. The van der Waals surface area contributed by atoms with Gasteiger partial charge in [-0.3, -0.25) is 0 Å². The van der Waals surface area contributed by atoms with Crippen LogP contribution in [0.4, 0.5) is 19.2 Å². The number of hydrogen-bond acceptors (Lipinski definition) is 4. The Balaban J connectivity index is -0.000000155. The highest BCUT2D eigenvalue weighted by molar-refractivity contribution is 5.88. The summed E-state index contributed by atoms with van der Waals surface area (Å²) in [6, 6.07) is -1.90. The summed E-state index contributed by atoms with van der Waals surface area (Å²) >= 11 is 0. The zero-order valence-corrected chi connectivity index (χ0v) is 7.34. The summed E-state index contributed by atoms with van der Waals surface area (Å²) in [5.74, 6) is 0. The highest BCUT2D eigenvalue weighted by Crippen LogP contribution is 1.55. The van der Waals surface area contributed by atoms with Gasteiger partial charge in [0.15, 0.2) is 0 Å². The molecule has 0 radical (unpaired) electrons. The summed E-state index contributed by atoms with van der Waals surface area (Å²) < 4.78 is 0. The second-order valence-corrected chi connectivity index (χ2v) is 1.54. The third-order valence-corrected chi connectivity index (χ3v) is 0.230. The molecule has 0 atom stereocenters. The third-order valence-electron chi connectivity index (χ3n) is 0.230. The first-order valence-electron chi connectivity index (χ1n) is 2.92. The molecule has 0 unspecified atom stereocenters. The van der Waals surface area contributed by atoms with Crippen LogP contribution in [-0.2, 0) is 0 Å². The summed E-state index contributed by atoms with van der Waals surface area (Å²) in [4.78, 5) is 36.7. The number of imide groups is 1. The van der Waals surface area contributed by atoms with Crippen LogP contribution in [0.15, 0.2) is 0 Å². The van der Waals surface area contributed by atoms with Crippen molar-refractivity contribution < 1.29 is 29.4 Å². The van der Waals surface area contributed by atoms with Gasteiger partial charge in [0.2, 0.25) is 0 Å². The molecule has 88 valence electrons. The van der Waals surface area contributed by atoms with Gasteiger partial charge in [0.25, 0.3) is 0 Å². The van der Waals surface area contributed by atoms with Crippen molar-refractivity contribution in [2.75, 3.05) is 0 Å². The van der Waals surface area contributed by atoms with E-state index in [-0.39, 0.29) is 0 Å². The van der Waals surface area contributed by atoms with Crippen LogP contribution in [0.1, 0.15) is 0 Å². The molecule has 11 N–H and O–H groups in total. The molecule has 0 saturated carbocycles. The Bertz CT molecular complexity index is 208. The van der Waals surface area contributed by atoms with E-state index < -0.39 is 24.2 Å². The van der Waals surface area contributed by atoms with Crippen LogP contribution >= 0.6 is 0 Å². The lowest BCUT2D eigenvalue weighted by molar-refractivity contribution is 0.193. The van der Waals surface area contributed by atoms with Crippen molar-refractivity contribution >= 4 is 24.2 Å². The van der Waals surface area contributed by atoms with E-state index >= 15 is 0 Å². The van der Waals surface area contributed by atoms with Crippen molar-refractivity contribution in [3.63, 3.8) is 0 Å². The molecule has 11 heteroatoms. The first-order chi connectivity index (χ1) is 6.59. The molecule has 0 aromatic carbocycles. The number of hydrogen-bond donors (Lipinski definition) is 7. The van der Waals surface area contributed by atoms with E-state index in [1.54, 1.807) is 0 Å². The first kappa shape index (κ1) is 18.1. The number of urea groups is 2. The molecule has 0 spiro atoms. The van der Waals surface area contributed by atoms with Crippen LogP contribution in [0.25, 0.3) is 0 Å². The smallest absolute Gasteiger partial charge is 0.412 e. The van der Waals surface area contributed by atoms with Crippen molar-refractivity contribution in [1.29, 1.82) is 0 Å². The molecule has 0 aliphatic rings. The standard InChI is InChI=1S/C2H4N2O3.CH4N2O.CH3NO2/c3-1(5)4-2(6)7;2*2-1(3)4/h(H,6,7)(H3,3,4,5);(H4,2,3,4);2H2,(H,3,4). The lowest BCUT2D eigenvalue weighted by Crippen LogP contribution is -2.33. The van der Waals surface area contributed by atoms with E-state index in [1.807, 2.05) is 0 Å². The summed E-state index contributed by atoms with van der Waals surface area (Å²) in [7, 11) is 0. The lowest BCUT2D eigenvalue weighted by atomic mass is 11.0. The number of nitrogens with one attached hydrogen (secondary N) is 1. The Kier molecular flexibility index (Phi) is 13.6. The van der Waals surface area contributed by atoms with Gasteiger partial charge in [-0.05, 0) is 0 Å². The number of amides is 6. The first-order valence-corrected chi connectivity index (χ1v) is 2.92. The van der Waals surface area contributed by atoms with Crippen LogP contribution in [0.2, 0.25) is 0 Å². The summed E-state index contributed by atoms with van der Waals surface area (Å²) in [6.07, 6.45) is -2.77. The highest BCUT2D eigenvalue weighted by Gasteiger charge is 1.94. The number of carbonyl (C=O) groups excluding carboxylic acids is 2. The van der Waals surface area contributed by atoms with Crippen LogP contribution < -0.4 is 28.3 Å². The van der Waals surface area contributed by atoms with E-state index in [1.165, 1.54) is 5.32 Å². The molecular formula is C4H11N5O6. The van der Waals surface area contributed by atoms with Crippen molar-refractivity contribution in [3.05, 3.63) is 0 Å². The quantitative estimate of drug-likeness (QED) is 0.246. The number of carbonyl (C=O) groups is 4. The molecule has 0 saturated heterocycles. The zero-order chi connectivity index (χ0) is 13.0. The molecule has 0 aromatic heterocycles. The molecule has 11 nitrogen and oxygen atoms in total. The predicted molar refractivity (Wildman–Crippen MR) is 46.7 cm³/mol. The Hall–Kier alpha value is -2.72. The molecule has 0 rings (SSSR count). The number of rotatable bonds is 0. The van der Waals surface area contributed by atoms with Gasteiger partial charge in [-0.15, -0.1) is 0 Å². The average Bonchev–Trinajstić information content (AvgIpc) is 1.78. The predicted octanol–water partition coefficient (Wildman–Crippen LogP) is -2.02. The van der Waals surface area contributed by atoms with Crippen LogP contribution in [-0.4, -0.2) is 34.5 Å². The van der Waals surface area contributed by atoms with Gasteiger partial charge in [-0.2, -0.15) is 0 Å². The fourth-order valence-corrected chi connectivity index (χ4v) is 0.105. The second kappa shape index (κ2) is 11.3. The molecule has 15 heavy (non-hydrogen) atoms. The maximum absolute atomic E-state index is 9.54. The van der Waals surface area contributed by atoms with Crippen molar-refractivity contribution in [1.82, 2.24) is 5.32 Å². The van der Waals surface area contributed by atoms with Gasteiger partial charge in [-0.25, -0.2) is 24.5 Å². The van der Waals surface area contributed by atoms with E-state index in [9.17, 15) is 9.59 Å². The SMILES string of the molecule is NC(=O)NC(=O)O.NC(=O)O.NC(N)=O. The number of carboxylic acid groups (broad SMARTS) is 2. The molecule has 0 bridgehead atoms. The minimum atomic E-state index is -1.44.